The van der Waals surface area contributed by atoms with Crippen LogP contribution in [-0.2, 0) is 16.4 Å². The van der Waals surface area contributed by atoms with Crippen molar-refractivity contribution in [1.29, 1.82) is 0 Å². The zero-order valence-corrected chi connectivity index (χ0v) is 18.0. The number of nitrogens with one attached hydrogen (secondary N) is 1. The van der Waals surface area contributed by atoms with E-state index in [0.717, 1.165) is 24.8 Å². The molecule has 1 aromatic heterocycles. The zero-order chi connectivity index (χ0) is 21.0. The van der Waals surface area contributed by atoms with Gasteiger partial charge in [0.05, 0.1) is 4.90 Å². The fraction of sp³-hybridized carbons (Fsp3) is 0.550. The summed E-state index contributed by atoms with van der Waals surface area (Å²) < 4.78 is 32.7. The third-order valence-corrected chi connectivity index (χ3v) is 7.23. The van der Waals surface area contributed by atoms with Crippen molar-refractivity contribution in [2.24, 2.45) is 0 Å². The Kier molecular flexibility index (Phi) is 6.69. The fourth-order valence-corrected chi connectivity index (χ4v) is 5.28. The van der Waals surface area contributed by atoms with E-state index >= 15 is 0 Å². The summed E-state index contributed by atoms with van der Waals surface area (Å²) in [6.07, 6.45) is 3.98. The van der Waals surface area contributed by atoms with Gasteiger partial charge in [0.1, 0.15) is 0 Å². The molecule has 3 rings (SSSR count). The number of aromatic nitrogens is 2. The average molecular weight is 421 g/mol. The number of aryl methyl sites for hydroxylation is 3. The number of carbonyl (C=O) groups is 1. The molecule has 0 saturated carbocycles. The number of rotatable bonds is 7. The molecule has 1 aromatic carbocycles. The highest BCUT2D eigenvalue weighted by molar-refractivity contribution is 7.89. The monoisotopic (exact) mass is 420 g/mol. The van der Waals surface area contributed by atoms with Crippen LogP contribution < -0.4 is 5.32 Å². The Bertz CT molecular complexity index is 971. The summed E-state index contributed by atoms with van der Waals surface area (Å²) in [7, 11) is -3.62. The van der Waals surface area contributed by atoms with Crippen molar-refractivity contribution in [2.45, 2.75) is 63.8 Å². The normalized spacial score (nSPS) is 18.0. The molecule has 8 nitrogen and oxygen atoms in total. The number of hydrogen-bond acceptors (Lipinski definition) is 6. The standard InChI is InChI=1S/C20H28N4O4S/c1-14-9-10-17(29(26,27)24-12-5-4-7-15(24)2)13-18(14)20(25)21-11-6-8-19-22-16(3)23-28-19/h9-10,13,15H,4-8,11-12H2,1-3H3,(H,21,25). The first-order valence-corrected chi connectivity index (χ1v) is 11.4. The minimum absolute atomic E-state index is 0.0272. The van der Waals surface area contributed by atoms with Gasteiger partial charge in [0, 0.05) is 31.1 Å². The Morgan fingerprint density at radius 1 is 1.31 bits per heavy atom. The van der Waals surface area contributed by atoms with Crippen molar-refractivity contribution in [2.75, 3.05) is 13.1 Å². The number of hydrogen-bond donors (Lipinski definition) is 1. The molecule has 0 bridgehead atoms. The number of sulfonamides is 1. The Hall–Kier alpha value is -2.26. The van der Waals surface area contributed by atoms with Gasteiger partial charge in [-0.25, -0.2) is 8.42 Å². The van der Waals surface area contributed by atoms with Gasteiger partial charge in [-0.05, 0) is 57.7 Å². The SMILES string of the molecule is Cc1noc(CCCNC(=O)c2cc(S(=O)(=O)N3CCCCC3C)ccc2C)n1. The number of nitrogens with zero attached hydrogens (tertiary/aromatic N) is 3. The maximum Gasteiger partial charge on any atom is 0.251 e. The van der Waals surface area contributed by atoms with Crippen molar-refractivity contribution in [3.63, 3.8) is 0 Å². The Morgan fingerprint density at radius 2 is 2.10 bits per heavy atom. The van der Waals surface area contributed by atoms with Gasteiger partial charge in [-0.2, -0.15) is 9.29 Å². The largest absolute Gasteiger partial charge is 0.352 e. The molecule has 0 aliphatic carbocycles. The van der Waals surface area contributed by atoms with Gasteiger partial charge in [-0.3, -0.25) is 4.79 Å². The van der Waals surface area contributed by atoms with E-state index in [0.29, 0.717) is 43.2 Å². The Morgan fingerprint density at radius 3 is 2.79 bits per heavy atom. The minimum Gasteiger partial charge on any atom is -0.352 e. The van der Waals surface area contributed by atoms with Crippen molar-refractivity contribution < 1.29 is 17.7 Å². The smallest absolute Gasteiger partial charge is 0.251 e. The van der Waals surface area contributed by atoms with Crippen LogP contribution in [0, 0.1) is 13.8 Å². The molecule has 1 saturated heterocycles. The van der Waals surface area contributed by atoms with E-state index in [9.17, 15) is 13.2 Å². The first kappa shape index (κ1) is 21.4. The van der Waals surface area contributed by atoms with Crippen LogP contribution in [0.2, 0.25) is 0 Å². The minimum atomic E-state index is -3.62. The van der Waals surface area contributed by atoms with Gasteiger partial charge in [0.2, 0.25) is 15.9 Å². The molecular weight excluding hydrogens is 392 g/mol. The second kappa shape index (κ2) is 9.04. The molecule has 2 aromatic rings. The van der Waals surface area contributed by atoms with Crippen LogP contribution in [0.4, 0.5) is 0 Å². The van der Waals surface area contributed by atoms with Gasteiger partial charge in [-0.1, -0.05) is 17.6 Å². The molecule has 2 heterocycles. The lowest BCUT2D eigenvalue weighted by molar-refractivity contribution is 0.0952. The second-order valence-corrected chi connectivity index (χ2v) is 9.42. The van der Waals surface area contributed by atoms with Gasteiger partial charge in [0.25, 0.3) is 5.91 Å². The van der Waals surface area contributed by atoms with E-state index in [-0.39, 0.29) is 16.8 Å². The summed E-state index contributed by atoms with van der Waals surface area (Å²) in [5, 5.41) is 6.58. The summed E-state index contributed by atoms with van der Waals surface area (Å²) in [5.74, 6) is 0.838. The number of amides is 1. The van der Waals surface area contributed by atoms with Crippen molar-refractivity contribution in [1.82, 2.24) is 19.8 Å². The average Bonchev–Trinajstić information content (AvgIpc) is 3.10. The van der Waals surface area contributed by atoms with Crippen molar-refractivity contribution >= 4 is 15.9 Å². The number of benzene rings is 1. The Labute approximate surface area is 171 Å². The van der Waals surface area contributed by atoms with Gasteiger partial charge >= 0.3 is 0 Å². The van der Waals surface area contributed by atoms with Gasteiger partial charge in [-0.15, -0.1) is 0 Å². The molecule has 1 unspecified atom stereocenters. The molecule has 1 aliphatic rings. The summed E-state index contributed by atoms with van der Waals surface area (Å²) in [4.78, 5) is 16.9. The summed E-state index contributed by atoms with van der Waals surface area (Å²) in [6, 6.07) is 4.74. The molecule has 1 atom stereocenters. The molecule has 1 N–H and O–H groups in total. The third-order valence-electron chi connectivity index (χ3n) is 5.22. The summed E-state index contributed by atoms with van der Waals surface area (Å²) >= 11 is 0. The second-order valence-electron chi connectivity index (χ2n) is 7.53. The van der Waals surface area contributed by atoms with Crippen LogP contribution in [0.1, 0.15) is 60.2 Å². The molecule has 158 valence electrons. The predicted octanol–water partition coefficient (Wildman–Crippen LogP) is 2.61. The van der Waals surface area contributed by atoms with Crippen molar-refractivity contribution in [3.8, 4) is 0 Å². The topological polar surface area (TPSA) is 105 Å². The molecule has 0 radical (unpaired) electrons. The molecule has 29 heavy (non-hydrogen) atoms. The van der Waals surface area contributed by atoms with E-state index in [1.165, 1.54) is 6.07 Å². The van der Waals surface area contributed by atoms with E-state index in [4.69, 9.17) is 4.52 Å². The molecule has 0 spiro atoms. The van der Waals surface area contributed by atoms with E-state index in [2.05, 4.69) is 15.5 Å². The van der Waals surface area contributed by atoms with Crippen molar-refractivity contribution in [3.05, 3.63) is 41.0 Å². The summed E-state index contributed by atoms with van der Waals surface area (Å²) in [6.45, 7) is 6.44. The highest BCUT2D eigenvalue weighted by atomic mass is 32.2. The van der Waals surface area contributed by atoms with E-state index < -0.39 is 10.0 Å². The lowest BCUT2D eigenvalue weighted by Gasteiger charge is -2.32. The lowest BCUT2D eigenvalue weighted by atomic mass is 10.1. The molecule has 1 amide bonds. The lowest BCUT2D eigenvalue weighted by Crippen LogP contribution is -2.42. The zero-order valence-electron chi connectivity index (χ0n) is 17.1. The van der Waals surface area contributed by atoms with Crippen LogP contribution in [0.5, 0.6) is 0 Å². The maximum atomic E-state index is 13.1. The third kappa shape index (κ3) is 5.02. The quantitative estimate of drug-likeness (QED) is 0.690. The molecular formula is C20H28N4O4S. The molecule has 1 fully saturated rings. The van der Waals surface area contributed by atoms with Crippen LogP contribution in [0.25, 0.3) is 0 Å². The number of piperidine rings is 1. The number of carbonyl (C=O) groups excluding carboxylic acids is 1. The Balaban J connectivity index is 1.67. The highest BCUT2D eigenvalue weighted by Gasteiger charge is 2.31. The first-order chi connectivity index (χ1) is 13.8. The first-order valence-electron chi connectivity index (χ1n) is 9.99. The summed E-state index contributed by atoms with van der Waals surface area (Å²) in [5.41, 5.74) is 1.12. The molecule has 9 heteroatoms. The predicted molar refractivity (Wildman–Crippen MR) is 108 cm³/mol. The van der Waals surface area contributed by atoms with Gasteiger partial charge < -0.3 is 9.84 Å². The maximum absolute atomic E-state index is 13.1. The molecule has 1 aliphatic heterocycles. The fourth-order valence-electron chi connectivity index (χ4n) is 3.55. The highest BCUT2D eigenvalue weighted by Crippen LogP contribution is 2.26. The van der Waals surface area contributed by atoms with E-state index in [1.807, 2.05) is 6.92 Å². The van der Waals surface area contributed by atoms with E-state index in [1.54, 1.807) is 30.3 Å². The van der Waals surface area contributed by atoms with Crippen LogP contribution in [0.15, 0.2) is 27.6 Å². The van der Waals surface area contributed by atoms with Crippen LogP contribution in [0.3, 0.4) is 0 Å². The van der Waals surface area contributed by atoms with Gasteiger partial charge in [0.15, 0.2) is 5.82 Å². The van der Waals surface area contributed by atoms with Crippen LogP contribution >= 0.6 is 0 Å². The van der Waals surface area contributed by atoms with Crippen LogP contribution in [-0.4, -0.2) is 47.9 Å².